The van der Waals surface area contributed by atoms with Gasteiger partial charge in [0.15, 0.2) is 0 Å². The van der Waals surface area contributed by atoms with E-state index in [2.05, 4.69) is 13.8 Å². The van der Waals surface area contributed by atoms with Gasteiger partial charge in [0.25, 0.3) is 0 Å². The third-order valence-electron chi connectivity index (χ3n) is 3.96. The van der Waals surface area contributed by atoms with E-state index in [-0.39, 0.29) is 12.5 Å². The summed E-state index contributed by atoms with van der Waals surface area (Å²) in [7, 11) is -1.84. The molecule has 0 atom stereocenters. The van der Waals surface area contributed by atoms with Crippen LogP contribution in [0.2, 0.25) is 0 Å². The van der Waals surface area contributed by atoms with E-state index in [1.54, 1.807) is 0 Å². The Balaban J connectivity index is 2.68. The SMILES string of the molecule is CC(C)CCN(C(=O)CN(C)S(C)(=O)=O)C1CCCC1. The van der Waals surface area contributed by atoms with Gasteiger partial charge in [0, 0.05) is 19.6 Å². The second-order valence-electron chi connectivity index (χ2n) is 6.23. The van der Waals surface area contributed by atoms with E-state index in [4.69, 9.17) is 0 Å². The van der Waals surface area contributed by atoms with E-state index in [0.717, 1.165) is 49.2 Å². The molecule has 6 heteroatoms. The highest BCUT2D eigenvalue weighted by Gasteiger charge is 2.28. The number of nitrogens with zero attached hydrogens (tertiary/aromatic N) is 2. The Kier molecular flexibility index (Phi) is 6.45. The molecule has 1 amide bonds. The molecule has 0 unspecified atom stereocenters. The molecule has 1 aliphatic carbocycles. The number of carbonyl (C=O) groups excluding carboxylic acids is 1. The maximum absolute atomic E-state index is 12.4. The Morgan fingerprint density at radius 1 is 1.25 bits per heavy atom. The zero-order valence-corrected chi connectivity index (χ0v) is 13.9. The summed E-state index contributed by atoms with van der Waals surface area (Å²) in [5.74, 6) is 0.477. The van der Waals surface area contributed by atoms with E-state index in [0.29, 0.717) is 12.0 Å². The number of hydrogen-bond donors (Lipinski definition) is 0. The largest absolute Gasteiger partial charge is 0.339 e. The van der Waals surface area contributed by atoms with Gasteiger partial charge >= 0.3 is 0 Å². The van der Waals surface area contributed by atoms with Gasteiger partial charge in [-0.3, -0.25) is 4.79 Å². The highest BCUT2D eigenvalue weighted by Crippen LogP contribution is 2.24. The Labute approximate surface area is 123 Å². The van der Waals surface area contributed by atoms with Gasteiger partial charge in [0.2, 0.25) is 15.9 Å². The fraction of sp³-hybridized carbons (Fsp3) is 0.929. The van der Waals surface area contributed by atoms with Gasteiger partial charge in [-0.05, 0) is 25.2 Å². The molecule has 0 aromatic carbocycles. The lowest BCUT2D eigenvalue weighted by Gasteiger charge is -2.31. The molecule has 0 saturated heterocycles. The van der Waals surface area contributed by atoms with E-state index < -0.39 is 10.0 Å². The van der Waals surface area contributed by atoms with Crippen molar-refractivity contribution in [1.29, 1.82) is 0 Å². The molecule has 1 aliphatic rings. The summed E-state index contributed by atoms with van der Waals surface area (Å²) in [4.78, 5) is 14.3. The molecule has 0 heterocycles. The van der Waals surface area contributed by atoms with Gasteiger partial charge < -0.3 is 4.90 Å². The third kappa shape index (κ3) is 5.40. The number of carbonyl (C=O) groups is 1. The van der Waals surface area contributed by atoms with Gasteiger partial charge in [0.05, 0.1) is 12.8 Å². The van der Waals surface area contributed by atoms with Crippen molar-refractivity contribution in [1.82, 2.24) is 9.21 Å². The van der Waals surface area contributed by atoms with Crippen molar-refractivity contribution in [2.45, 2.75) is 52.0 Å². The first-order valence-electron chi connectivity index (χ1n) is 7.42. The van der Waals surface area contributed by atoms with Crippen molar-refractivity contribution in [2.24, 2.45) is 5.92 Å². The lowest BCUT2D eigenvalue weighted by atomic mass is 10.1. The van der Waals surface area contributed by atoms with Gasteiger partial charge in [-0.25, -0.2) is 8.42 Å². The molecule has 1 rings (SSSR count). The standard InChI is InChI=1S/C14H28N2O3S/c1-12(2)9-10-16(13-7-5-6-8-13)14(17)11-15(3)20(4,18)19/h12-13H,5-11H2,1-4H3. The quantitative estimate of drug-likeness (QED) is 0.719. The van der Waals surface area contributed by atoms with Crippen molar-refractivity contribution in [3.8, 4) is 0 Å². The van der Waals surface area contributed by atoms with Crippen molar-refractivity contribution in [3.63, 3.8) is 0 Å². The summed E-state index contributed by atoms with van der Waals surface area (Å²) >= 11 is 0. The zero-order chi connectivity index (χ0) is 15.3. The first-order valence-corrected chi connectivity index (χ1v) is 9.27. The van der Waals surface area contributed by atoms with E-state index in [9.17, 15) is 13.2 Å². The van der Waals surface area contributed by atoms with Crippen LogP contribution in [0.1, 0.15) is 46.0 Å². The Morgan fingerprint density at radius 3 is 2.25 bits per heavy atom. The molecular formula is C14H28N2O3S. The highest BCUT2D eigenvalue weighted by atomic mass is 32.2. The molecule has 1 fully saturated rings. The molecule has 0 radical (unpaired) electrons. The van der Waals surface area contributed by atoms with Crippen LogP contribution in [0.3, 0.4) is 0 Å². The Bertz CT molecular complexity index is 414. The highest BCUT2D eigenvalue weighted by molar-refractivity contribution is 7.88. The summed E-state index contributed by atoms with van der Waals surface area (Å²) in [5.41, 5.74) is 0. The van der Waals surface area contributed by atoms with Crippen LogP contribution in [-0.4, -0.2) is 56.0 Å². The molecule has 0 N–H and O–H groups in total. The van der Waals surface area contributed by atoms with Crippen LogP contribution in [0.5, 0.6) is 0 Å². The Morgan fingerprint density at radius 2 is 1.80 bits per heavy atom. The minimum Gasteiger partial charge on any atom is -0.339 e. The molecule has 5 nitrogen and oxygen atoms in total. The fourth-order valence-corrected chi connectivity index (χ4v) is 2.87. The summed E-state index contributed by atoms with van der Waals surface area (Å²) in [6, 6.07) is 0.300. The minimum atomic E-state index is -3.30. The van der Waals surface area contributed by atoms with Crippen molar-refractivity contribution in [2.75, 3.05) is 26.4 Å². The lowest BCUT2D eigenvalue weighted by molar-refractivity contribution is -0.133. The average Bonchev–Trinajstić information content (AvgIpc) is 2.81. The summed E-state index contributed by atoms with van der Waals surface area (Å²) in [6.07, 6.45) is 6.52. The predicted octanol–water partition coefficient (Wildman–Crippen LogP) is 1.70. The second-order valence-corrected chi connectivity index (χ2v) is 8.32. The smallest absolute Gasteiger partial charge is 0.238 e. The van der Waals surface area contributed by atoms with Crippen molar-refractivity contribution in [3.05, 3.63) is 0 Å². The van der Waals surface area contributed by atoms with Crippen LogP contribution < -0.4 is 0 Å². The molecule has 1 saturated carbocycles. The van der Waals surface area contributed by atoms with Gasteiger partial charge in [-0.15, -0.1) is 0 Å². The van der Waals surface area contributed by atoms with Crippen LogP contribution >= 0.6 is 0 Å². The summed E-state index contributed by atoms with van der Waals surface area (Å²) in [6.45, 7) is 4.96. The topological polar surface area (TPSA) is 57.7 Å². The molecule has 0 aliphatic heterocycles. The first kappa shape index (κ1) is 17.4. The van der Waals surface area contributed by atoms with Crippen molar-refractivity contribution < 1.29 is 13.2 Å². The molecule has 0 bridgehead atoms. The number of rotatable bonds is 7. The van der Waals surface area contributed by atoms with E-state index in [1.807, 2.05) is 4.90 Å². The number of amides is 1. The van der Waals surface area contributed by atoms with Gasteiger partial charge in [-0.2, -0.15) is 4.31 Å². The third-order valence-corrected chi connectivity index (χ3v) is 5.22. The van der Waals surface area contributed by atoms with Crippen LogP contribution in [0.4, 0.5) is 0 Å². The molecule has 20 heavy (non-hydrogen) atoms. The monoisotopic (exact) mass is 304 g/mol. The molecular weight excluding hydrogens is 276 g/mol. The summed E-state index contributed by atoms with van der Waals surface area (Å²) in [5, 5.41) is 0. The molecule has 0 aromatic rings. The average molecular weight is 304 g/mol. The number of sulfonamides is 1. The number of likely N-dealkylation sites (N-methyl/N-ethyl adjacent to an activating group) is 1. The van der Waals surface area contributed by atoms with E-state index in [1.165, 1.54) is 7.05 Å². The van der Waals surface area contributed by atoms with Crippen LogP contribution in [0.15, 0.2) is 0 Å². The lowest BCUT2D eigenvalue weighted by Crippen LogP contribution is -2.45. The molecule has 0 spiro atoms. The van der Waals surface area contributed by atoms with Crippen molar-refractivity contribution >= 4 is 15.9 Å². The maximum Gasteiger partial charge on any atom is 0.238 e. The number of hydrogen-bond acceptors (Lipinski definition) is 3. The second kappa shape index (κ2) is 7.41. The Hall–Kier alpha value is -0.620. The fourth-order valence-electron chi connectivity index (χ4n) is 2.52. The van der Waals surface area contributed by atoms with E-state index >= 15 is 0 Å². The maximum atomic E-state index is 12.4. The predicted molar refractivity (Wildman–Crippen MR) is 80.9 cm³/mol. The summed E-state index contributed by atoms with van der Waals surface area (Å²) < 4.78 is 24.0. The van der Waals surface area contributed by atoms with Gasteiger partial charge in [0.1, 0.15) is 0 Å². The minimum absolute atomic E-state index is 0.0482. The first-order chi connectivity index (χ1) is 9.21. The normalized spacial score (nSPS) is 17.1. The van der Waals surface area contributed by atoms with Crippen LogP contribution in [0.25, 0.3) is 0 Å². The van der Waals surface area contributed by atoms with Gasteiger partial charge in [-0.1, -0.05) is 26.7 Å². The zero-order valence-electron chi connectivity index (χ0n) is 13.1. The molecule has 118 valence electrons. The molecule has 0 aromatic heterocycles. The van der Waals surface area contributed by atoms with Crippen LogP contribution in [-0.2, 0) is 14.8 Å². The van der Waals surface area contributed by atoms with Crippen LogP contribution in [0, 0.1) is 5.92 Å².